The Morgan fingerprint density at radius 1 is 0.769 bits per heavy atom. The third kappa shape index (κ3) is 2.22. The highest BCUT2D eigenvalue weighted by atomic mass is 16.9. The molecule has 0 amide bonds. The predicted octanol–water partition coefficient (Wildman–Crippen LogP) is -0.324. The molecule has 0 spiro atoms. The van der Waals surface area contributed by atoms with Gasteiger partial charge in [0.05, 0.1) is 0 Å². The van der Waals surface area contributed by atoms with Crippen molar-refractivity contribution < 1.29 is 34.9 Å². The molecular formula is C13H8N6O7. The van der Waals surface area contributed by atoms with Crippen molar-refractivity contribution in [2.75, 3.05) is 0 Å². The molecule has 132 valence electrons. The molecule has 26 heavy (non-hydrogen) atoms. The molecule has 4 aromatic rings. The van der Waals surface area contributed by atoms with Gasteiger partial charge in [-0.05, 0) is 34.7 Å². The number of aromatic nitrogens is 6. The molecule has 0 radical (unpaired) electrons. The van der Waals surface area contributed by atoms with Gasteiger partial charge in [0.15, 0.2) is 34.0 Å². The second-order valence-corrected chi connectivity index (χ2v) is 4.96. The number of rotatable bonds is 2. The molecule has 0 fully saturated rings. The number of carbonyl (C=O) groups excluding carboxylic acids is 1. The fraction of sp³-hybridized carbons (Fsp3) is 0. The van der Waals surface area contributed by atoms with Crippen LogP contribution in [-0.4, -0.2) is 56.9 Å². The molecule has 0 bridgehead atoms. The first-order chi connectivity index (χ1) is 12.5. The first-order valence-corrected chi connectivity index (χ1v) is 6.89. The molecule has 0 saturated heterocycles. The lowest BCUT2D eigenvalue weighted by Gasteiger charge is -2.04. The van der Waals surface area contributed by atoms with Crippen molar-refractivity contribution in [3.05, 3.63) is 24.3 Å². The number of fused-ring (bicyclic) bond motifs is 2. The Morgan fingerprint density at radius 3 is 1.62 bits per heavy atom. The Labute approximate surface area is 141 Å². The summed E-state index contributed by atoms with van der Waals surface area (Å²) in [5.41, 5.74) is -0.0136. The van der Waals surface area contributed by atoms with Gasteiger partial charge in [-0.25, -0.2) is 0 Å². The molecule has 2 heterocycles. The molecule has 0 saturated carbocycles. The van der Waals surface area contributed by atoms with Crippen LogP contribution in [0.25, 0.3) is 22.1 Å². The molecule has 2 aromatic heterocycles. The van der Waals surface area contributed by atoms with Gasteiger partial charge in [-0.2, -0.15) is 4.79 Å². The van der Waals surface area contributed by atoms with Gasteiger partial charge in [0.25, 0.3) is 0 Å². The average Bonchev–Trinajstić information content (AvgIpc) is 3.20. The number of nitrogens with zero attached hydrogens (tertiary/aromatic N) is 6. The van der Waals surface area contributed by atoms with Gasteiger partial charge in [0.1, 0.15) is 11.0 Å². The lowest BCUT2D eigenvalue weighted by atomic mass is 10.3. The number of hydrogen-bond donors (Lipinski definition) is 4. The summed E-state index contributed by atoms with van der Waals surface area (Å²) in [6.07, 6.45) is -1.29. The molecule has 13 nitrogen and oxygen atoms in total. The average molecular weight is 360 g/mol. The normalized spacial score (nSPS) is 11.1. The van der Waals surface area contributed by atoms with Crippen LogP contribution < -0.4 is 9.68 Å². The summed E-state index contributed by atoms with van der Waals surface area (Å²) in [6, 6.07) is 4.94. The number of benzene rings is 2. The number of carbonyl (C=O) groups is 1. The van der Waals surface area contributed by atoms with Crippen molar-refractivity contribution in [2.24, 2.45) is 0 Å². The Bertz CT molecular complexity index is 1080. The highest BCUT2D eigenvalue weighted by Gasteiger charge is 2.19. The summed E-state index contributed by atoms with van der Waals surface area (Å²) in [6.45, 7) is 0. The quantitative estimate of drug-likeness (QED) is 0.272. The zero-order valence-corrected chi connectivity index (χ0v) is 12.5. The fourth-order valence-corrected chi connectivity index (χ4v) is 2.18. The largest absolute Gasteiger partial charge is 0.562 e. The van der Waals surface area contributed by atoms with Gasteiger partial charge < -0.3 is 20.4 Å². The number of aromatic hydroxyl groups is 4. The number of phenols is 4. The van der Waals surface area contributed by atoms with Crippen LogP contribution in [0.2, 0.25) is 0 Å². The molecule has 0 unspecified atom stereocenters. The standard InChI is InChI=1S/C13H8N6O7/c20-7-3-1-5-9(11(7)22)14-16-18(5)25-13(24)26-19-6-2-4-8(21)12(23)10(6)15-17-19/h1-4,20-23H. The maximum absolute atomic E-state index is 11.9. The van der Waals surface area contributed by atoms with Crippen molar-refractivity contribution in [3.8, 4) is 23.0 Å². The second kappa shape index (κ2) is 5.37. The topological polar surface area (TPSA) is 178 Å². The van der Waals surface area contributed by atoms with Crippen LogP contribution in [0.4, 0.5) is 4.79 Å². The minimum absolute atomic E-state index is 0.0864. The summed E-state index contributed by atoms with van der Waals surface area (Å²) >= 11 is 0. The van der Waals surface area contributed by atoms with E-state index < -0.39 is 29.2 Å². The van der Waals surface area contributed by atoms with Crippen molar-refractivity contribution in [2.45, 2.75) is 0 Å². The van der Waals surface area contributed by atoms with Gasteiger partial charge >= 0.3 is 6.16 Å². The van der Waals surface area contributed by atoms with Crippen molar-refractivity contribution >= 4 is 28.2 Å². The summed E-state index contributed by atoms with van der Waals surface area (Å²) < 4.78 is 0. The minimum Gasteiger partial charge on any atom is -0.504 e. The molecule has 0 aliphatic rings. The van der Waals surface area contributed by atoms with Gasteiger partial charge in [0, 0.05) is 0 Å². The van der Waals surface area contributed by atoms with Crippen molar-refractivity contribution in [1.29, 1.82) is 0 Å². The van der Waals surface area contributed by atoms with E-state index in [1.165, 1.54) is 12.1 Å². The first-order valence-electron chi connectivity index (χ1n) is 6.89. The SMILES string of the molecule is O=C(On1nnc2c(O)c(O)ccc21)On1nnc2c(O)c(O)ccc21. The van der Waals surface area contributed by atoms with E-state index in [0.717, 1.165) is 12.1 Å². The molecule has 13 heteroatoms. The number of phenolic OH excluding ortho intramolecular Hbond substituents is 4. The van der Waals surface area contributed by atoms with Gasteiger partial charge in [-0.3, -0.25) is 9.68 Å². The molecule has 2 aromatic carbocycles. The van der Waals surface area contributed by atoms with Gasteiger partial charge in [0.2, 0.25) is 0 Å². The van der Waals surface area contributed by atoms with Crippen LogP contribution in [0.5, 0.6) is 23.0 Å². The summed E-state index contributed by atoms with van der Waals surface area (Å²) in [5.74, 6) is -1.87. The third-order valence-electron chi connectivity index (χ3n) is 3.40. The lowest BCUT2D eigenvalue weighted by molar-refractivity contribution is 0.0261. The van der Waals surface area contributed by atoms with E-state index in [1.54, 1.807) is 0 Å². The van der Waals surface area contributed by atoms with Crippen LogP contribution in [0, 0.1) is 0 Å². The Balaban J connectivity index is 1.60. The smallest absolute Gasteiger partial charge is 0.504 e. The van der Waals surface area contributed by atoms with E-state index in [-0.39, 0.29) is 22.1 Å². The van der Waals surface area contributed by atoms with E-state index in [2.05, 4.69) is 20.6 Å². The van der Waals surface area contributed by atoms with E-state index in [4.69, 9.17) is 9.68 Å². The zero-order valence-electron chi connectivity index (χ0n) is 12.5. The Hall–Kier alpha value is -4.29. The minimum atomic E-state index is -1.29. The molecule has 0 atom stereocenters. The van der Waals surface area contributed by atoms with E-state index in [9.17, 15) is 25.2 Å². The van der Waals surface area contributed by atoms with Crippen LogP contribution in [-0.2, 0) is 0 Å². The van der Waals surface area contributed by atoms with Crippen LogP contribution in [0.3, 0.4) is 0 Å². The fourth-order valence-electron chi connectivity index (χ4n) is 2.18. The summed E-state index contributed by atoms with van der Waals surface area (Å²) in [7, 11) is 0. The Kier molecular flexibility index (Phi) is 3.15. The molecule has 4 rings (SSSR count). The first kappa shape index (κ1) is 15.3. The molecule has 4 N–H and O–H groups in total. The Morgan fingerprint density at radius 2 is 1.19 bits per heavy atom. The van der Waals surface area contributed by atoms with Gasteiger partial charge in [-0.15, -0.1) is 10.2 Å². The van der Waals surface area contributed by atoms with Crippen molar-refractivity contribution in [1.82, 2.24) is 30.3 Å². The second-order valence-electron chi connectivity index (χ2n) is 4.96. The maximum Gasteiger partial charge on any atom is 0.562 e. The van der Waals surface area contributed by atoms with Gasteiger partial charge in [-0.1, -0.05) is 9.69 Å². The lowest BCUT2D eigenvalue weighted by Crippen LogP contribution is -2.30. The monoisotopic (exact) mass is 360 g/mol. The summed E-state index contributed by atoms with van der Waals surface area (Å²) in [5, 5.41) is 52.3. The third-order valence-corrected chi connectivity index (χ3v) is 3.40. The molecule has 0 aliphatic carbocycles. The zero-order chi connectivity index (χ0) is 18.4. The van der Waals surface area contributed by atoms with Crippen LogP contribution >= 0.6 is 0 Å². The van der Waals surface area contributed by atoms with E-state index in [1.807, 2.05) is 0 Å². The summed E-state index contributed by atoms with van der Waals surface area (Å²) in [4.78, 5) is 22.9. The van der Waals surface area contributed by atoms with Crippen LogP contribution in [0.15, 0.2) is 24.3 Å². The predicted molar refractivity (Wildman–Crippen MR) is 80.3 cm³/mol. The molecular weight excluding hydrogens is 352 g/mol. The van der Waals surface area contributed by atoms with Crippen molar-refractivity contribution in [3.63, 3.8) is 0 Å². The van der Waals surface area contributed by atoms with Crippen LogP contribution in [0.1, 0.15) is 0 Å². The van der Waals surface area contributed by atoms with E-state index >= 15 is 0 Å². The highest BCUT2D eigenvalue weighted by molar-refractivity contribution is 5.84. The highest BCUT2D eigenvalue weighted by Crippen LogP contribution is 2.32. The van der Waals surface area contributed by atoms with E-state index in [0.29, 0.717) is 9.69 Å². The maximum atomic E-state index is 11.9. The molecule has 0 aliphatic heterocycles. The number of hydrogen-bond acceptors (Lipinski definition) is 11.